The number of halogens is 1. The molecule has 7 nitrogen and oxygen atoms in total. The van der Waals surface area contributed by atoms with Gasteiger partial charge in [0.1, 0.15) is 11.2 Å². The standard InChI is InChI=1S/C17H17ClN2O5/c1-17(22,13-5-3-4-6-14(13)18)10-19-11-7-8-15(20(23)24)12(9-11)16(21)25-2/h3-9,19,22H,10H2,1-2H3. The number of aliphatic hydroxyl groups is 1. The number of hydrogen-bond donors (Lipinski definition) is 2. The Balaban J connectivity index is 2.25. The van der Waals surface area contributed by atoms with E-state index in [1.807, 2.05) is 0 Å². The van der Waals surface area contributed by atoms with Crippen molar-refractivity contribution in [2.45, 2.75) is 12.5 Å². The normalized spacial score (nSPS) is 13.0. The van der Waals surface area contributed by atoms with Crippen molar-refractivity contribution in [3.8, 4) is 0 Å². The Morgan fingerprint density at radius 2 is 2.04 bits per heavy atom. The first-order valence-corrected chi connectivity index (χ1v) is 7.72. The molecule has 2 rings (SSSR count). The summed E-state index contributed by atoms with van der Waals surface area (Å²) >= 11 is 6.11. The molecule has 0 fully saturated rings. The number of ether oxygens (including phenoxy) is 1. The molecule has 0 aliphatic carbocycles. The van der Waals surface area contributed by atoms with E-state index in [1.54, 1.807) is 31.2 Å². The number of anilines is 1. The zero-order valence-electron chi connectivity index (χ0n) is 13.7. The Labute approximate surface area is 149 Å². The molecule has 0 amide bonds. The van der Waals surface area contributed by atoms with Crippen molar-refractivity contribution in [3.63, 3.8) is 0 Å². The highest BCUT2D eigenvalue weighted by Gasteiger charge is 2.26. The molecule has 0 saturated heterocycles. The van der Waals surface area contributed by atoms with Crippen LogP contribution in [-0.4, -0.2) is 29.7 Å². The summed E-state index contributed by atoms with van der Waals surface area (Å²) in [7, 11) is 1.15. The first-order chi connectivity index (χ1) is 11.8. The molecule has 2 aromatic carbocycles. The maximum atomic E-state index is 11.7. The largest absolute Gasteiger partial charge is 0.465 e. The summed E-state index contributed by atoms with van der Waals surface area (Å²) in [5.41, 5.74) is -0.839. The molecule has 0 saturated carbocycles. The van der Waals surface area contributed by atoms with Gasteiger partial charge < -0.3 is 15.2 Å². The van der Waals surface area contributed by atoms with Crippen LogP contribution in [0.2, 0.25) is 5.02 Å². The molecule has 1 unspecified atom stereocenters. The zero-order chi connectivity index (χ0) is 18.6. The second-order valence-electron chi connectivity index (χ2n) is 5.59. The van der Waals surface area contributed by atoms with E-state index in [-0.39, 0.29) is 17.8 Å². The third-order valence-corrected chi connectivity index (χ3v) is 4.02. The Kier molecular flexibility index (Phi) is 5.61. The van der Waals surface area contributed by atoms with E-state index in [1.165, 1.54) is 18.2 Å². The minimum absolute atomic E-state index is 0.0785. The van der Waals surface area contributed by atoms with Gasteiger partial charge in [-0.2, -0.15) is 0 Å². The zero-order valence-corrected chi connectivity index (χ0v) is 14.4. The molecule has 0 heterocycles. The molecule has 0 spiro atoms. The van der Waals surface area contributed by atoms with E-state index in [0.29, 0.717) is 16.3 Å². The van der Waals surface area contributed by atoms with Crippen molar-refractivity contribution in [1.29, 1.82) is 0 Å². The highest BCUT2D eigenvalue weighted by atomic mass is 35.5. The van der Waals surface area contributed by atoms with Crippen LogP contribution in [0.1, 0.15) is 22.8 Å². The third-order valence-electron chi connectivity index (χ3n) is 3.69. The number of nitro benzene ring substituents is 1. The third kappa shape index (κ3) is 4.26. The minimum Gasteiger partial charge on any atom is -0.465 e. The summed E-state index contributed by atoms with van der Waals surface area (Å²) in [6, 6.07) is 10.9. The van der Waals surface area contributed by atoms with Gasteiger partial charge in [-0.05, 0) is 25.1 Å². The molecule has 0 bridgehead atoms. The van der Waals surface area contributed by atoms with E-state index >= 15 is 0 Å². The van der Waals surface area contributed by atoms with Crippen LogP contribution in [-0.2, 0) is 10.3 Å². The number of rotatable bonds is 6. The average molecular weight is 365 g/mol. The van der Waals surface area contributed by atoms with Crippen molar-refractivity contribution in [1.82, 2.24) is 0 Å². The molecule has 1 atom stereocenters. The van der Waals surface area contributed by atoms with Gasteiger partial charge in [-0.15, -0.1) is 0 Å². The summed E-state index contributed by atoms with van der Waals surface area (Å²) in [5, 5.41) is 25.0. The van der Waals surface area contributed by atoms with Gasteiger partial charge in [0, 0.05) is 28.9 Å². The van der Waals surface area contributed by atoms with Crippen molar-refractivity contribution in [3.05, 3.63) is 68.7 Å². The quantitative estimate of drug-likeness (QED) is 0.463. The molecule has 0 aromatic heterocycles. The Hall–Kier alpha value is -2.64. The van der Waals surface area contributed by atoms with Crippen LogP contribution in [0.4, 0.5) is 11.4 Å². The van der Waals surface area contributed by atoms with Crippen LogP contribution >= 0.6 is 11.6 Å². The molecular weight excluding hydrogens is 348 g/mol. The van der Waals surface area contributed by atoms with Gasteiger partial charge in [-0.3, -0.25) is 10.1 Å². The van der Waals surface area contributed by atoms with Crippen molar-refractivity contribution < 1.29 is 19.6 Å². The monoisotopic (exact) mass is 364 g/mol. The molecule has 0 aliphatic heterocycles. The highest BCUT2D eigenvalue weighted by Crippen LogP contribution is 2.29. The first kappa shape index (κ1) is 18.7. The molecule has 2 aromatic rings. The fourth-order valence-electron chi connectivity index (χ4n) is 2.35. The summed E-state index contributed by atoms with van der Waals surface area (Å²) < 4.78 is 4.57. The van der Waals surface area contributed by atoms with Gasteiger partial charge in [-0.25, -0.2) is 4.79 Å². The SMILES string of the molecule is COC(=O)c1cc(NCC(C)(O)c2ccccc2Cl)ccc1[N+](=O)[O-]. The van der Waals surface area contributed by atoms with Crippen LogP contribution in [0.25, 0.3) is 0 Å². The van der Waals surface area contributed by atoms with E-state index < -0.39 is 16.5 Å². The van der Waals surface area contributed by atoms with Crippen LogP contribution in [0.3, 0.4) is 0 Å². The lowest BCUT2D eigenvalue weighted by atomic mass is 9.96. The highest BCUT2D eigenvalue weighted by molar-refractivity contribution is 6.31. The summed E-state index contributed by atoms with van der Waals surface area (Å²) in [4.78, 5) is 22.1. The van der Waals surface area contributed by atoms with Crippen molar-refractivity contribution in [2.75, 3.05) is 19.0 Å². The van der Waals surface area contributed by atoms with Crippen molar-refractivity contribution in [2.24, 2.45) is 0 Å². The number of esters is 1. The minimum atomic E-state index is -1.29. The van der Waals surface area contributed by atoms with Gasteiger partial charge in [0.25, 0.3) is 5.69 Å². The molecule has 0 aliphatic rings. The molecule has 8 heteroatoms. The maximum absolute atomic E-state index is 11.7. The lowest BCUT2D eigenvalue weighted by molar-refractivity contribution is -0.385. The van der Waals surface area contributed by atoms with Crippen LogP contribution in [0.15, 0.2) is 42.5 Å². The second kappa shape index (κ2) is 7.50. The smallest absolute Gasteiger partial charge is 0.344 e. The summed E-state index contributed by atoms with van der Waals surface area (Å²) in [5.74, 6) is -0.812. The molecule has 25 heavy (non-hydrogen) atoms. The predicted octanol–water partition coefficient (Wildman–Crippen LogP) is 3.35. The van der Waals surface area contributed by atoms with E-state index in [0.717, 1.165) is 7.11 Å². The summed E-state index contributed by atoms with van der Waals surface area (Å²) in [6.07, 6.45) is 0. The van der Waals surface area contributed by atoms with Gasteiger partial charge >= 0.3 is 5.97 Å². The van der Waals surface area contributed by atoms with E-state index in [2.05, 4.69) is 10.1 Å². The van der Waals surface area contributed by atoms with E-state index in [4.69, 9.17) is 11.6 Å². The van der Waals surface area contributed by atoms with Crippen LogP contribution in [0, 0.1) is 10.1 Å². The maximum Gasteiger partial charge on any atom is 0.344 e. The average Bonchev–Trinajstić information content (AvgIpc) is 2.59. The van der Waals surface area contributed by atoms with E-state index in [9.17, 15) is 20.0 Å². The van der Waals surface area contributed by atoms with Crippen LogP contribution < -0.4 is 5.32 Å². The second-order valence-corrected chi connectivity index (χ2v) is 6.00. The lowest BCUT2D eigenvalue weighted by Gasteiger charge is -2.26. The topological polar surface area (TPSA) is 102 Å². The Morgan fingerprint density at radius 1 is 1.36 bits per heavy atom. The predicted molar refractivity (Wildman–Crippen MR) is 93.9 cm³/mol. The van der Waals surface area contributed by atoms with Gasteiger partial charge in [-0.1, -0.05) is 29.8 Å². The number of nitrogens with zero attached hydrogens (tertiary/aromatic N) is 1. The Morgan fingerprint density at radius 3 is 2.64 bits per heavy atom. The number of nitro groups is 1. The molecule has 132 valence electrons. The summed E-state index contributed by atoms with van der Waals surface area (Å²) in [6.45, 7) is 1.67. The first-order valence-electron chi connectivity index (χ1n) is 7.34. The van der Waals surface area contributed by atoms with Gasteiger partial charge in [0.2, 0.25) is 0 Å². The number of nitrogens with one attached hydrogen (secondary N) is 1. The lowest BCUT2D eigenvalue weighted by Crippen LogP contribution is -2.31. The molecule has 2 N–H and O–H groups in total. The Bertz CT molecular complexity index is 807. The number of methoxy groups -OCH3 is 1. The number of carbonyl (C=O) groups is 1. The number of carbonyl (C=O) groups excluding carboxylic acids is 1. The van der Waals surface area contributed by atoms with Gasteiger partial charge in [0.05, 0.1) is 12.0 Å². The molecular formula is C17H17ClN2O5. The fourth-order valence-corrected chi connectivity index (χ4v) is 2.69. The number of hydrogen-bond acceptors (Lipinski definition) is 6. The molecule has 0 radical (unpaired) electrons. The van der Waals surface area contributed by atoms with Crippen molar-refractivity contribution >= 4 is 28.9 Å². The van der Waals surface area contributed by atoms with Crippen LogP contribution in [0.5, 0.6) is 0 Å². The fraction of sp³-hybridized carbons (Fsp3) is 0.235. The van der Waals surface area contributed by atoms with Gasteiger partial charge in [0.15, 0.2) is 0 Å². The number of benzene rings is 2.